The van der Waals surface area contributed by atoms with E-state index in [1.54, 1.807) is 12.3 Å². The Morgan fingerprint density at radius 2 is 1.93 bits per heavy atom. The molecular weight excluding hydrogens is 368 g/mol. The van der Waals surface area contributed by atoms with Gasteiger partial charge < -0.3 is 29.6 Å². The highest BCUT2D eigenvalue weighted by Crippen LogP contribution is 2.40. The number of nitrogens with zero attached hydrogens (tertiary/aromatic N) is 1. The zero-order valence-corrected chi connectivity index (χ0v) is 16.3. The van der Waals surface area contributed by atoms with Gasteiger partial charge in [-0.3, -0.25) is 0 Å². The molecule has 0 spiro atoms. The summed E-state index contributed by atoms with van der Waals surface area (Å²) in [5, 5.41) is 11.0. The van der Waals surface area contributed by atoms with Gasteiger partial charge in [0.25, 0.3) is 0 Å². The number of para-hydroxylation sites is 2. The molecule has 1 fully saturated rings. The Balaban J connectivity index is 1.20. The van der Waals surface area contributed by atoms with Crippen LogP contribution in [0.15, 0.2) is 53.1 Å². The van der Waals surface area contributed by atoms with Crippen LogP contribution in [0.3, 0.4) is 0 Å². The van der Waals surface area contributed by atoms with E-state index in [9.17, 15) is 5.11 Å². The van der Waals surface area contributed by atoms with Crippen LogP contribution in [0.5, 0.6) is 17.2 Å². The van der Waals surface area contributed by atoms with Crippen LogP contribution in [-0.4, -0.2) is 36.9 Å². The molecule has 2 unspecified atom stereocenters. The van der Waals surface area contributed by atoms with Crippen molar-refractivity contribution in [3.63, 3.8) is 0 Å². The van der Waals surface area contributed by atoms with Gasteiger partial charge >= 0.3 is 0 Å². The molecule has 2 aliphatic heterocycles. The number of fused-ring (bicyclic) bond motifs is 3. The van der Waals surface area contributed by atoms with Crippen molar-refractivity contribution >= 4 is 16.7 Å². The van der Waals surface area contributed by atoms with Crippen LogP contribution in [0.4, 0.5) is 5.69 Å². The lowest BCUT2D eigenvalue weighted by atomic mass is 9.86. The van der Waals surface area contributed by atoms with Crippen LogP contribution >= 0.6 is 0 Å². The normalized spacial score (nSPS) is 20.7. The van der Waals surface area contributed by atoms with Crippen molar-refractivity contribution < 1.29 is 19.0 Å². The Bertz CT molecular complexity index is 993. The van der Waals surface area contributed by atoms with Crippen molar-refractivity contribution in [3.8, 4) is 17.2 Å². The summed E-state index contributed by atoms with van der Waals surface area (Å²) in [6.45, 7) is 2.31. The minimum Gasteiger partial charge on any atom is -0.506 e. The highest BCUT2D eigenvalue weighted by molar-refractivity contribution is 5.87. The largest absolute Gasteiger partial charge is 0.506 e. The van der Waals surface area contributed by atoms with E-state index >= 15 is 0 Å². The van der Waals surface area contributed by atoms with E-state index < -0.39 is 0 Å². The number of nitrogens with two attached hydrogens (primary N) is 1. The van der Waals surface area contributed by atoms with Crippen molar-refractivity contribution in [1.29, 1.82) is 0 Å². The van der Waals surface area contributed by atoms with Crippen molar-refractivity contribution in [2.45, 2.75) is 31.4 Å². The lowest BCUT2D eigenvalue weighted by Crippen LogP contribution is -2.44. The van der Waals surface area contributed by atoms with Crippen LogP contribution < -0.4 is 20.1 Å². The number of phenols is 1. The summed E-state index contributed by atoms with van der Waals surface area (Å²) in [6.07, 6.45) is 4.38. The molecule has 29 heavy (non-hydrogen) atoms. The zero-order valence-electron chi connectivity index (χ0n) is 16.3. The SMILES string of the molecule is NC(CC1COc2ccc3occc3c2O1)C1CCN(c2ccccc2O)CC1. The van der Waals surface area contributed by atoms with Gasteiger partial charge in [-0.15, -0.1) is 0 Å². The molecule has 0 amide bonds. The molecule has 2 aromatic carbocycles. The van der Waals surface area contributed by atoms with Crippen LogP contribution in [0, 0.1) is 5.92 Å². The summed E-state index contributed by atoms with van der Waals surface area (Å²) in [6, 6.07) is 13.3. The Morgan fingerprint density at radius 3 is 2.76 bits per heavy atom. The molecule has 1 saturated heterocycles. The first-order valence-electron chi connectivity index (χ1n) is 10.3. The number of hydrogen-bond acceptors (Lipinski definition) is 6. The molecular formula is C23H26N2O4. The number of ether oxygens (including phenoxy) is 2. The van der Waals surface area contributed by atoms with Gasteiger partial charge in [0.2, 0.25) is 0 Å². The van der Waals surface area contributed by atoms with E-state index in [1.807, 2.05) is 36.4 Å². The zero-order chi connectivity index (χ0) is 19.8. The van der Waals surface area contributed by atoms with Gasteiger partial charge in [0.15, 0.2) is 11.5 Å². The molecule has 0 radical (unpaired) electrons. The predicted octanol–water partition coefficient (Wildman–Crippen LogP) is 3.91. The summed E-state index contributed by atoms with van der Waals surface area (Å²) in [5.74, 6) is 2.30. The molecule has 6 heteroatoms. The molecule has 1 aromatic heterocycles. The average molecular weight is 394 g/mol. The lowest BCUT2D eigenvalue weighted by molar-refractivity contribution is 0.0749. The fraction of sp³-hybridized carbons (Fsp3) is 0.391. The number of benzene rings is 2. The first-order chi connectivity index (χ1) is 14.2. The van der Waals surface area contributed by atoms with Gasteiger partial charge in [-0.25, -0.2) is 0 Å². The molecule has 2 atom stereocenters. The molecule has 0 aliphatic carbocycles. The van der Waals surface area contributed by atoms with E-state index in [0.717, 1.165) is 60.5 Å². The average Bonchev–Trinajstić information content (AvgIpc) is 3.24. The maximum Gasteiger partial charge on any atom is 0.172 e. The van der Waals surface area contributed by atoms with Crippen LogP contribution in [0.2, 0.25) is 0 Å². The molecule has 6 nitrogen and oxygen atoms in total. The summed E-state index contributed by atoms with van der Waals surface area (Å²) in [5.41, 5.74) is 8.29. The minimum atomic E-state index is -0.0609. The third kappa shape index (κ3) is 3.49. The monoisotopic (exact) mass is 394 g/mol. The Kier molecular flexibility index (Phi) is 4.72. The Labute approximate surface area is 169 Å². The van der Waals surface area contributed by atoms with E-state index in [2.05, 4.69) is 4.90 Å². The molecule has 3 heterocycles. The van der Waals surface area contributed by atoms with Gasteiger partial charge in [-0.05, 0) is 49.1 Å². The summed E-state index contributed by atoms with van der Waals surface area (Å²) in [4.78, 5) is 2.24. The third-order valence-electron chi connectivity index (χ3n) is 6.16. The quantitative estimate of drug-likeness (QED) is 0.698. The Hall–Kier alpha value is -2.86. The summed E-state index contributed by atoms with van der Waals surface area (Å²) >= 11 is 0. The van der Waals surface area contributed by atoms with Crippen LogP contribution in [0.1, 0.15) is 19.3 Å². The van der Waals surface area contributed by atoms with Crippen molar-refractivity contribution in [2.24, 2.45) is 11.7 Å². The van der Waals surface area contributed by atoms with Gasteiger partial charge in [0, 0.05) is 25.6 Å². The molecule has 0 saturated carbocycles. The molecule has 3 aromatic rings. The topological polar surface area (TPSA) is 81.1 Å². The van der Waals surface area contributed by atoms with Crippen molar-refractivity contribution in [2.75, 3.05) is 24.6 Å². The number of furan rings is 1. The summed E-state index contributed by atoms with van der Waals surface area (Å²) < 4.78 is 17.7. The number of rotatable bonds is 4. The molecule has 152 valence electrons. The second kappa shape index (κ2) is 7.52. The molecule has 3 N–H and O–H groups in total. The third-order valence-corrected chi connectivity index (χ3v) is 6.16. The Morgan fingerprint density at radius 1 is 1.10 bits per heavy atom. The van der Waals surface area contributed by atoms with Crippen molar-refractivity contribution in [3.05, 3.63) is 48.7 Å². The maximum atomic E-state index is 10.1. The standard InChI is InChI=1S/C23H26N2O4/c24-18(15-7-10-25(11-8-15)19-3-1-2-4-20(19)26)13-16-14-28-22-6-5-21-17(9-12-27-21)23(22)29-16/h1-6,9,12,15-16,18,26H,7-8,10-11,13-14,24H2. The second-order valence-electron chi connectivity index (χ2n) is 7.99. The number of phenolic OH excluding ortho intramolecular Hbond substituents is 1. The lowest BCUT2D eigenvalue weighted by Gasteiger charge is -2.37. The van der Waals surface area contributed by atoms with Crippen LogP contribution in [0.25, 0.3) is 11.0 Å². The highest BCUT2D eigenvalue weighted by atomic mass is 16.6. The van der Waals surface area contributed by atoms with E-state index in [0.29, 0.717) is 18.3 Å². The van der Waals surface area contributed by atoms with Gasteiger partial charge in [-0.1, -0.05) is 12.1 Å². The number of aromatic hydroxyl groups is 1. The maximum absolute atomic E-state index is 10.1. The van der Waals surface area contributed by atoms with Crippen LogP contribution in [-0.2, 0) is 0 Å². The number of piperidine rings is 1. The molecule has 5 rings (SSSR count). The van der Waals surface area contributed by atoms with Gasteiger partial charge in [-0.2, -0.15) is 0 Å². The molecule has 2 aliphatic rings. The first-order valence-corrected chi connectivity index (χ1v) is 10.3. The summed E-state index contributed by atoms with van der Waals surface area (Å²) in [7, 11) is 0. The number of anilines is 1. The van der Waals surface area contributed by atoms with Gasteiger partial charge in [0.1, 0.15) is 24.0 Å². The van der Waals surface area contributed by atoms with E-state index in [1.165, 1.54) is 0 Å². The second-order valence-corrected chi connectivity index (χ2v) is 7.99. The highest BCUT2D eigenvalue weighted by Gasteiger charge is 2.30. The fourth-order valence-electron chi connectivity index (χ4n) is 4.53. The fourth-order valence-corrected chi connectivity index (χ4v) is 4.53. The van der Waals surface area contributed by atoms with Gasteiger partial charge in [0.05, 0.1) is 17.3 Å². The predicted molar refractivity (Wildman–Crippen MR) is 112 cm³/mol. The van der Waals surface area contributed by atoms with E-state index in [4.69, 9.17) is 19.6 Å². The van der Waals surface area contributed by atoms with E-state index in [-0.39, 0.29) is 12.1 Å². The number of hydrogen-bond donors (Lipinski definition) is 2. The molecule has 0 bridgehead atoms. The van der Waals surface area contributed by atoms with Crippen molar-refractivity contribution in [1.82, 2.24) is 0 Å². The first kappa shape index (κ1) is 18.2. The minimum absolute atomic E-state index is 0.0558. The smallest absolute Gasteiger partial charge is 0.172 e.